The van der Waals surface area contributed by atoms with Gasteiger partial charge in [-0.15, -0.1) is 0 Å². The van der Waals surface area contributed by atoms with Crippen molar-refractivity contribution in [1.29, 1.82) is 0 Å². The molecule has 0 radical (unpaired) electrons. The van der Waals surface area contributed by atoms with Crippen molar-refractivity contribution in [1.82, 2.24) is 9.97 Å². The first-order chi connectivity index (χ1) is 10.4. The van der Waals surface area contributed by atoms with Crippen molar-refractivity contribution < 1.29 is 13.2 Å². The zero-order chi connectivity index (χ0) is 15.9. The number of hydrogen-bond acceptors (Lipinski definition) is 4. The Hall–Kier alpha value is -1.89. The van der Waals surface area contributed by atoms with Gasteiger partial charge in [-0.2, -0.15) is 13.2 Å². The number of anilines is 1. The number of nitrogens with two attached hydrogens (primary N) is 1. The third-order valence-electron chi connectivity index (χ3n) is 4.09. The van der Waals surface area contributed by atoms with Crippen molar-refractivity contribution in [3.8, 4) is 0 Å². The van der Waals surface area contributed by atoms with Crippen LogP contribution in [0.5, 0.6) is 0 Å². The number of aromatic nitrogens is 2. The fraction of sp³-hybridized carbons (Fsp3) is 0.467. The molecule has 2 aromatic rings. The molecule has 2 aromatic heterocycles. The van der Waals surface area contributed by atoms with E-state index in [0.29, 0.717) is 17.7 Å². The molecule has 0 amide bonds. The number of fused-ring (bicyclic) bond motifs is 1. The van der Waals surface area contributed by atoms with E-state index < -0.39 is 18.1 Å². The van der Waals surface area contributed by atoms with E-state index in [9.17, 15) is 13.2 Å². The lowest BCUT2D eigenvalue weighted by Crippen LogP contribution is -2.51. The quantitative estimate of drug-likeness (QED) is 0.880. The van der Waals surface area contributed by atoms with Crippen LogP contribution in [0.2, 0.25) is 0 Å². The molecule has 4 nitrogen and oxygen atoms in total. The number of hydrogen-bond donors (Lipinski definition) is 1. The summed E-state index contributed by atoms with van der Waals surface area (Å²) in [4.78, 5) is 10.2. The van der Waals surface area contributed by atoms with E-state index in [1.54, 1.807) is 23.4 Å². The Morgan fingerprint density at radius 3 is 2.77 bits per heavy atom. The van der Waals surface area contributed by atoms with Crippen LogP contribution in [0.1, 0.15) is 12.1 Å². The van der Waals surface area contributed by atoms with Crippen LogP contribution in [0, 0.1) is 12.8 Å². The maximum Gasteiger partial charge on any atom is 0.393 e. The van der Waals surface area contributed by atoms with Crippen LogP contribution in [-0.4, -0.2) is 35.3 Å². The van der Waals surface area contributed by atoms with E-state index >= 15 is 0 Å². The molecule has 0 aliphatic carbocycles. The molecule has 118 valence electrons. The molecule has 0 aromatic carbocycles. The second-order valence-electron chi connectivity index (χ2n) is 5.77. The number of halogens is 3. The summed E-state index contributed by atoms with van der Waals surface area (Å²) in [5.41, 5.74) is 7.98. The highest BCUT2D eigenvalue weighted by Gasteiger charge is 2.44. The molecule has 3 rings (SSSR count). The van der Waals surface area contributed by atoms with Gasteiger partial charge in [0.1, 0.15) is 0 Å². The summed E-state index contributed by atoms with van der Waals surface area (Å²) >= 11 is 0. The molecular formula is C15H17F3N4. The van der Waals surface area contributed by atoms with Crippen LogP contribution in [0.25, 0.3) is 10.9 Å². The minimum Gasteiger partial charge on any atom is -0.368 e. The molecule has 0 bridgehead atoms. The largest absolute Gasteiger partial charge is 0.393 e. The Bertz CT molecular complexity index is 686. The standard InChI is InChI=1S/C15H17F3N4/c1-9-14-12(3-2-4-20-14)13(6-21-9)22-7-10(15(16,17)18)5-11(19)8-22/h2-4,6,10-11H,5,7-8,19H2,1H3/t10-,11+/m0/s1. The summed E-state index contributed by atoms with van der Waals surface area (Å²) in [5.74, 6) is -1.41. The lowest BCUT2D eigenvalue weighted by Gasteiger charge is -2.38. The second kappa shape index (κ2) is 5.39. The summed E-state index contributed by atoms with van der Waals surface area (Å²) in [6.45, 7) is 2.13. The van der Waals surface area contributed by atoms with Crippen LogP contribution < -0.4 is 10.6 Å². The Balaban J connectivity index is 2.02. The number of alkyl halides is 3. The number of aryl methyl sites for hydroxylation is 1. The fourth-order valence-corrected chi connectivity index (χ4v) is 3.01. The maximum absolute atomic E-state index is 13.1. The van der Waals surface area contributed by atoms with Crippen molar-refractivity contribution in [2.75, 3.05) is 18.0 Å². The smallest absolute Gasteiger partial charge is 0.368 e. The van der Waals surface area contributed by atoms with Crippen molar-refractivity contribution in [3.05, 3.63) is 30.2 Å². The minimum atomic E-state index is -4.23. The Morgan fingerprint density at radius 1 is 1.27 bits per heavy atom. The molecule has 0 unspecified atom stereocenters. The van der Waals surface area contributed by atoms with Crippen LogP contribution in [-0.2, 0) is 0 Å². The summed E-state index contributed by atoms with van der Waals surface area (Å²) < 4.78 is 39.2. The molecule has 2 N–H and O–H groups in total. The van der Waals surface area contributed by atoms with Crippen molar-refractivity contribution >= 4 is 16.6 Å². The zero-order valence-electron chi connectivity index (χ0n) is 12.1. The molecule has 0 saturated carbocycles. The summed E-state index contributed by atoms with van der Waals surface area (Å²) in [6.07, 6.45) is -0.996. The molecule has 1 aliphatic rings. The molecule has 1 fully saturated rings. The molecule has 3 heterocycles. The first-order valence-electron chi connectivity index (χ1n) is 7.14. The summed E-state index contributed by atoms with van der Waals surface area (Å²) in [7, 11) is 0. The number of piperidine rings is 1. The Morgan fingerprint density at radius 2 is 2.05 bits per heavy atom. The predicted octanol–water partition coefficient (Wildman–Crippen LogP) is 2.65. The third kappa shape index (κ3) is 2.72. The van der Waals surface area contributed by atoms with Gasteiger partial charge in [0.15, 0.2) is 0 Å². The second-order valence-corrected chi connectivity index (χ2v) is 5.77. The first kappa shape index (κ1) is 15.0. The van der Waals surface area contributed by atoms with Gasteiger partial charge in [0.2, 0.25) is 0 Å². The van der Waals surface area contributed by atoms with Crippen molar-refractivity contribution in [2.45, 2.75) is 25.6 Å². The van der Waals surface area contributed by atoms with Gasteiger partial charge in [-0.1, -0.05) is 0 Å². The van der Waals surface area contributed by atoms with Gasteiger partial charge in [0.25, 0.3) is 0 Å². The lowest BCUT2D eigenvalue weighted by atomic mass is 9.93. The maximum atomic E-state index is 13.1. The van der Waals surface area contributed by atoms with Gasteiger partial charge >= 0.3 is 6.18 Å². The van der Waals surface area contributed by atoms with E-state index in [1.165, 1.54) is 0 Å². The van der Waals surface area contributed by atoms with E-state index in [2.05, 4.69) is 9.97 Å². The average Bonchev–Trinajstić information content (AvgIpc) is 2.46. The molecular weight excluding hydrogens is 293 g/mol. The molecule has 2 atom stereocenters. The highest BCUT2D eigenvalue weighted by Crippen LogP contribution is 2.36. The van der Waals surface area contributed by atoms with Gasteiger partial charge in [-0.05, 0) is 25.5 Å². The van der Waals surface area contributed by atoms with Crippen molar-refractivity contribution in [3.63, 3.8) is 0 Å². The highest BCUT2D eigenvalue weighted by molar-refractivity contribution is 5.92. The molecule has 1 aliphatic heterocycles. The van der Waals surface area contributed by atoms with Gasteiger partial charge in [-0.25, -0.2) is 0 Å². The van der Waals surface area contributed by atoms with Crippen LogP contribution in [0.15, 0.2) is 24.5 Å². The predicted molar refractivity (Wildman–Crippen MR) is 78.6 cm³/mol. The summed E-state index contributed by atoms with van der Waals surface area (Å²) in [5, 5.41) is 0.810. The van der Waals surface area contributed by atoms with E-state index in [0.717, 1.165) is 11.1 Å². The fourth-order valence-electron chi connectivity index (χ4n) is 3.01. The molecule has 1 saturated heterocycles. The van der Waals surface area contributed by atoms with Gasteiger partial charge in [0.05, 0.1) is 29.0 Å². The van der Waals surface area contributed by atoms with Crippen LogP contribution >= 0.6 is 0 Å². The monoisotopic (exact) mass is 310 g/mol. The molecule has 7 heteroatoms. The van der Waals surface area contributed by atoms with Crippen molar-refractivity contribution in [2.24, 2.45) is 11.7 Å². The Kier molecular flexibility index (Phi) is 3.68. The minimum absolute atomic E-state index is 0.0323. The van der Waals surface area contributed by atoms with E-state index in [1.807, 2.05) is 13.0 Å². The lowest BCUT2D eigenvalue weighted by molar-refractivity contribution is -0.177. The zero-order valence-corrected chi connectivity index (χ0v) is 12.1. The topological polar surface area (TPSA) is 55.0 Å². The van der Waals surface area contributed by atoms with Gasteiger partial charge < -0.3 is 10.6 Å². The van der Waals surface area contributed by atoms with Gasteiger partial charge in [0, 0.05) is 30.7 Å². The van der Waals surface area contributed by atoms with Crippen LogP contribution in [0.4, 0.5) is 18.9 Å². The Labute approximate surface area is 126 Å². The van der Waals surface area contributed by atoms with E-state index in [-0.39, 0.29) is 13.0 Å². The number of pyridine rings is 2. The first-order valence-corrected chi connectivity index (χ1v) is 7.14. The SMILES string of the molecule is Cc1ncc(N2C[C@H](N)C[C@H](C(F)(F)F)C2)c2cccnc12. The summed E-state index contributed by atoms with van der Waals surface area (Å²) in [6, 6.07) is 3.12. The average molecular weight is 310 g/mol. The highest BCUT2D eigenvalue weighted by atomic mass is 19.4. The number of nitrogens with zero attached hydrogens (tertiary/aromatic N) is 3. The molecule has 22 heavy (non-hydrogen) atoms. The molecule has 0 spiro atoms. The van der Waals surface area contributed by atoms with Crippen LogP contribution in [0.3, 0.4) is 0 Å². The number of rotatable bonds is 1. The van der Waals surface area contributed by atoms with E-state index in [4.69, 9.17) is 5.73 Å². The third-order valence-corrected chi connectivity index (χ3v) is 4.09. The normalized spacial score (nSPS) is 23.0. The van der Waals surface area contributed by atoms with Gasteiger partial charge in [-0.3, -0.25) is 9.97 Å².